The molecular weight excluding hydrogens is 322 g/mol. The number of nitrogens with one attached hydrogen (secondary N) is 1. The molecule has 0 aromatic carbocycles. The highest BCUT2D eigenvalue weighted by Gasteiger charge is 2.33. The van der Waals surface area contributed by atoms with Crippen molar-refractivity contribution >= 4 is 17.2 Å². The summed E-state index contributed by atoms with van der Waals surface area (Å²) < 4.78 is 1.98. The minimum atomic E-state index is -0.0502. The van der Waals surface area contributed by atoms with Crippen LogP contribution in [0, 0.1) is 6.92 Å². The summed E-state index contributed by atoms with van der Waals surface area (Å²) >= 11 is 1.52. The van der Waals surface area contributed by atoms with Crippen LogP contribution in [-0.4, -0.2) is 45.0 Å². The molecule has 3 heterocycles. The normalized spacial score (nSPS) is 18.9. The smallest absolute Gasteiger partial charge is 0.266 e. The van der Waals surface area contributed by atoms with Gasteiger partial charge in [0.25, 0.3) is 5.91 Å². The molecule has 1 aliphatic rings. The maximum atomic E-state index is 13.2. The largest absolute Gasteiger partial charge is 0.336 e. The van der Waals surface area contributed by atoms with Gasteiger partial charge in [0.2, 0.25) is 0 Å². The molecule has 1 atom stereocenters. The Balaban J connectivity index is 1.93. The molecule has 2 aromatic rings. The maximum absolute atomic E-state index is 13.2. The summed E-state index contributed by atoms with van der Waals surface area (Å²) in [6.45, 7) is 10.5. The highest BCUT2D eigenvalue weighted by molar-refractivity contribution is 7.14. The van der Waals surface area contributed by atoms with Crippen LogP contribution in [0.3, 0.4) is 0 Å². The summed E-state index contributed by atoms with van der Waals surface area (Å²) in [5.74, 6) is 0.976. The maximum Gasteiger partial charge on any atom is 0.266 e. The van der Waals surface area contributed by atoms with Gasteiger partial charge in [-0.3, -0.25) is 4.79 Å². The lowest BCUT2D eigenvalue weighted by atomic mass is 9.98. The van der Waals surface area contributed by atoms with Gasteiger partial charge in [0.15, 0.2) is 0 Å². The second-order valence-electron chi connectivity index (χ2n) is 7.30. The highest BCUT2D eigenvalue weighted by atomic mass is 32.1. The Bertz CT molecular complexity index is 742. The molecule has 1 aliphatic heterocycles. The number of amides is 1. The Labute approximate surface area is 146 Å². The number of carbonyl (C=O) groups excluding carboxylic acids is 1. The van der Waals surface area contributed by atoms with Gasteiger partial charge >= 0.3 is 0 Å². The van der Waals surface area contributed by atoms with Gasteiger partial charge in [-0.15, -0.1) is 11.3 Å². The highest BCUT2D eigenvalue weighted by Crippen LogP contribution is 2.32. The standard InChI is InChI=1S/C17H25N5OS/c1-11-13(24-16(20-11)17(2,3)4)15(23)22-9-6-18-10-12(22)14-19-7-8-21(14)5/h7-8,12,18H,6,9-10H2,1-5H3. The van der Waals surface area contributed by atoms with Crippen LogP contribution in [-0.2, 0) is 12.5 Å². The van der Waals surface area contributed by atoms with E-state index < -0.39 is 0 Å². The minimum Gasteiger partial charge on any atom is -0.336 e. The van der Waals surface area contributed by atoms with Gasteiger partial charge in [0.05, 0.1) is 10.7 Å². The molecular formula is C17H25N5OS. The van der Waals surface area contributed by atoms with E-state index in [0.29, 0.717) is 6.54 Å². The summed E-state index contributed by atoms with van der Waals surface area (Å²) in [4.78, 5) is 25.0. The second-order valence-corrected chi connectivity index (χ2v) is 8.30. The van der Waals surface area contributed by atoms with Crippen molar-refractivity contribution in [2.75, 3.05) is 19.6 Å². The molecule has 24 heavy (non-hydrogen) atoms. The van der Waals surface area contributed by atoms with Crippen LogP contribution >= 0.6 is 11.3 Å². The molecule has 1 N–H and O–H groups in total. The van der Waals surface area contributed by atoms with Gasteiger partial charge in [-0.2, -0.15) is 0 Å². The van der Waals surface area contributed by atoms with Crippen molar-refractivity contribution in [3.05, 3.63) is 33.8 Å². The monoisotopic (exact) mass is 347 g/mol. The fourth-order valence-electron chi connectivity index (χ4n) is 2.92. The molecule has 3 rings (SSSR count). The molecule has 0 radical (unpaired) electrons. The summed E-state index contributed by atoms with van der Waals surface area (Å²) in [6, 6.07) is -0.0502. The quantitative estimate of drug-likeness (QED) is 0.905. The first-order chi connectivity index (χ1) is 11.3. The van der Waals surface area contributed by atoms with E-state index in [-0.39, 0.29) is 17.4 Å². The molecule has 0 bridgehead atoms. The molecule has 1 saturated heterocycles. The van der Waals surface area contributed by atoms with Crippen molar-refractivity contribution in [3.63, 3.8) is 0 Å². The van der Waals surface area contributed by atoms with Crippen molar-refractivity contribution in [1.29, 1.82) is 0 Å². The van der Waals surface area contributed by atoms with E-state index in [4.69, 9.17) is 0 Å². The number of imidazole rings is 1. The molecule has 1 unspecified atom stereocenters. The van der Waals surface area contributed by atoms with Crippen molar-refractivity contribution in [2.24, 2.45) is 7.05 Å². The molecule has 2 aromatic heterocycles. The average molecular weight is 347 g/mol. The first kappa shape index (κ1) is 17.1. The lowest BCUT2D eigenvalue weighted by Crippen LogP contribution is -2.49. The first-order valence-corrected chi connectivity index (χ1v) is 9.07. The number of thiazole rings is 1. The molecule has 130 valence electrons. The van der Waals surface area contributed by atoms with Gasteiger partial charge in [-0.05, 0) is 6.92 Å². The predicted molar refractivity (Wildman–Crippen MR) is 95.4 cm³/mol. The van der Waals surface area contributed by atoms with E-state index in [9.17, 15) is 4.79 Å². The summed E-state index contributed by atoms with van der Waals surface area (Å²) in [5.41, 5.74) is 0.781. The lowest BCUT2D eigenvalue weighted by molar-refractivity contribution is 0.0625. The average Bonchev–Trinajstić information content (AvgIpc) is 3.12. The van der Waals surface area contributed by atoms with Crippen LogP contribution in [0.1, 0.15) is 53.0 Å². The molecule has 6 nitrogen and oxygen atoms in total. The van der Waals surface area contributed by atoms with Gasteiger partial charge in [-0.25, -0.2) is 9.97 Å². The number of nitrogens with zero attached hydrogens (tertiary/aromatic N) is 4. The van der Waals surface area contributed by atoms with Crippen LogP contribution in [0.4, 0.5) is 0 Å². The Hall–Kier alpha value is -1.73. The number of hydrogen-bond acceptors (Lipinski definition) is 5. The SMILES string of the molecule is Cc1nc(C(C)(C)C)sc1C(=O)N1CCNCC1c1nccn1C. The number of aromatic nitrogens is 3. The van der Waals surface area contributed by atoms with E-state index in [1.807, 2.05) is 29.6 Å². The van der Waals surface area contributed by atoms with E-state index in [2.05, 4.69) is 36.1 Å². The van der Waals surface area contributed by atoms with Gasteiger partial charge in [0.1, 0.15) is 16.7 Å². The Morgan fingerprint density at radius 1 is 1.42 bits per heavy atom. The van der Waals surface area contributed by atoms with Crippen LogP contribution in [0.25, 0.3) is 0 Å². The number of aryl methyl sites for hydroxylation is 2. The first-order valence-electron chi connectivity index (χ1n) is 8.26. The number of piperazine rings is 1. The van der Waals surface area contributed by atoms with E-state index in [1.54, 1.807) is 6.20 Å². The fraction of sp³-hybridized carbons (Fsp3) is 0.588. The van der Waals surface area contributed by atoms with Crippen LogP contribution < -0.4 is 5.32 Å². The minimum absolute atomic E-state index is 0.0452. The molecule has 0 saturated carbocycles. The van der Waals surface area contributed by atoms with Crippen LogP contribution in [0.5, 0.6) is 0 Å². The van der Waals surface area contributed by atoms with E-state index in [0.717, 1.165) is 34.5 Å². The lowest BCUT2D eigenvalue weighted by Gasteiger charge is -2.35. The molecule has 7 heteroatoms. The molecule has 1 amide bonds. The van der Waals surface area contributed by atoms with Crippen molar-refractivity contribution in [3.8, 4) is 0 Å². The van der Waals surface area contributed by atoms with E-state index in [1.165, 1.54) is 11.3 Å². The zero-order valence-electron chi connectivity index (χ0n) is 15.0. The molecule has 0 spiro atoms. The van der Waals surface area contributed by atoms with Crippen molar-refractivity contribution in [2.45, 2.75) is 39.2 Å². The number of hydrogen-bond donors (Lipinski definition) is 1. The fourth-order valence-corrected chi connectivity index (χ4v) is 4.00. The topological polar surface area (TPSA) is 63.1 Å². The van der Waals surface area contributed by atoms with Gasteiger partial charge in [-0.1, -0.05) is 20.8 Å². The summed E-state index contributed by atoms with van der Waals surface area (Å²) in [6.07, 6.45) is 3.70. The Morgan fingerprint density at radius 3 is 2.75 bits per heavy atom. The summed E-state index contributed by atoms with van der Waals surface area (Å²) in [7, 11) is 1.97. The van der Waals surface area contributed by atoms with Crippen LogP contribution in [0.15, 0.2) is 12.4 Å². The summed E-state index contributed by atoms with van der Waals surface area (Å²) in [5, 5.41) is 4.38. The predicted octanol–water partition coefficient (Wildman–Crippen LogP) is 2.27. The van der Waals surface area contributed by atoms with E-state index >= 15 is 0 Å². The number of carbonyl (C=O) groups is 1. The zero-order valence-corrected chi connectivity index (χ0v) is 15.8. The Morgan fingerprint density at radius 2 is 2.17 bits per heavy atom. The second kappa shape index (κ2) is 6.29. The van der Waals surface area contributed by atoms with Crippen LogP contribution in [0.2, 0.25) is 0 Å². The molecule has 0 aliphatic carbocycles. The molecule has 1 fully saturated rings. The zero-order chi connectivity index (χ0) is 17.5. The Kier molecular flexibility index (Phi) is 4.48. The third kappa shape index (κ3) is 3.10. The van der Waals surface area contributed by atoms with Crippen molar-refractivity contribution in [1.82, 2.24) is 24.8 Å². The van der Waals surface area contributed by atoms with Gasteiger partial charge in [0, 0.05) is 44.5 Å². The van der Waals surface area contributed by atoms with Crippen molar-refractivity contribution < 1.29 is 4.79 Å². The van der Waals surface area contributed by atoms with Gasteiger partial charge < -0.3 is 14.8 Å². The third-order valence-corrected chi connectivity index (χ3v) is 5.86. The number of rotatable bonds is 2. The third-order valence-electron chi connectivity index (χ3n) is 4.29.